The molecule has 5 nitrogen and oxygen atoms in total. The molecule has 0 aromatic heterocycles. The Kier molecular flexibility index (Phi) is 7.91. The molecule has 6 heteroatoms. The van der Waals surface area contributed by atoms with Crippen molar-refractivity contribution in [1.29, 1.82) is 0 Å². The van der Waals surface area contributed by atoms with Crippen molar-refractivity contribution in [2.45, 2.75) is 38.6 Å². The van der Waals surface area contributed by atoms with Gasteiger partial charge in [-0.2, -0.15) is 0 Å². The van der Waals surface area contributed by atoms with Gasteiger partial charge in [-0.1, -0.05) is 30.3 Å². The summed E-state index contributed by atoms with van der Waals surface area (Å²) in [4.78, 5) is 29.1. The first-order chi connectivity index (χ1) is 12.1. The van der Waals surface area contributed by atoms with Gasteiger partial charge >= 0.3 is 0 Å². The summed E-state index contributed by atoms with van der Waals surface area (Å²) in [5.74, 6) is 0.578. The quantitative estimate of drug-likeness (QED) is 0.871. The monoisotopic (exact) mass is 379 g/mol. The van der Waals surface area contributed by atoms with Crippen molar-refractivity contribution in [2.75, 3.05) is 32.7 Å². The van der Waals surface area contributed by atoms with Crippen molar-refractivity contribution in [2.24, 2.45) is 5.92 Å². The number of nitrogens with zero attached hydrogens (tertiary/aromatic N) is 2. The van der Waals surface area contributed by atoms with Crippen molar-refractivity contribution in [3.05, 3.63) is 35.9 Å². The Morgan fingerprint density at radius 3 is 2.46 bits per heavy atom. The lowest BCUT2D eigenvalue weighted by molar-refractivity contribution is -0.142. The van der Waals surface area contributed by atoms with Crippen LogP contribution in [0.3, 0.4) is 0 Å². The Bertz CT molecular complexity index is 588. The molecule has 2 amide bonds. The molecule has 0 unspecified atom stereocenters. The number of piperazine rings is 1. The van der Waals surface area contributed by atoms with Gasteiger partial charge in [-0.15, -0.1) is 12.4 Å². The maximum absolute atomic E-state index is 12.7. The summed E-state index contributed by atoms with van der Waals surface area (Å²) in [6.07, 6.45) is 2.94. The number of benzene rings is 1. The van der Waals surface area contributed by atoms with Crippen LogP contribution in [0.5, 0.6) is 0 Å². The minimum Gasteiger partial charge on any atom is -0.343 e. The zero-order valence-electron chi connectivity index (χ0n) is 15.5. The number of amides is 2. The van der Waals surface area contributed by atoms with E-state index in [1.165, 1.54) is 5.56 Å². The first-order valence-corrected chi connectivity index (χ1v) is 9.48. The number of nitrogens with one attached hydrogen (secondary N) is 1. The SMILES string of the molecule is C[C@@H]1CNCCN1C(=O)C1CCN(C(=O)CCc2ccccc2)CC1.Cl. The van der Waals surface area contributed by atoms with E-state index in [1.807, 2.05) is 28.0 Å². The van der Waals surface area contributed by atoms with Crippen LogP contribution in [0.15, 0.2) is 30.3 Å². The van der Waals surface area contributed by atoms with Crippen molar-refractivity contribution < 1.29 is 9.59 Å². The third kappa shape index (κ3) is 5.21. The van der Waals surface area contributed by atoms with E-state index in [2.05, 4.69) is 24.4 Å². The van der Waals surface area contributed by atoms with E-state index in [0.717, 1.165) is 38.9 Å². The van der Waals surface area contributed by atoms with E-state index in [-0.39, 0.29) is 36.2 Å². The molecule has 0 spiro atoms. The second-order valence-corrected chi connectivity index (χ2v) is 7.23. The Morgan fingerprint density at radius 2 is 1.81 bits per heavy atom. The van der Waals surface area contributed by atoms with Gasteiger partial charge in [0.15, 0.2) is 0 Å². The third-order valence-corrected chi connectivity index (χ3v) is 5.45. The van der Waals surface area contributed by atoms with Crippen LogP contribution < -0.4 is 5.32 Å². The fraction of sp³-hybridized carbons (Fsp3) is 0.600. The van der Waals surface area contributed by atoms with E-state index in [0.29, 0.717) is 19.5 Å². The van der Waals surface area contributed by atoms with Crippen molar-refractivity contribution >= 4 is 24.2 Å². The molecule has 26 heavy (non-hydrogen) atoms. The molecule has 2 fully saturated rings. The van der Waals surface area contributed by atoms with Gasteiger partial charge < -0.3 is 15.1 Å². The highest BCUT2D eigenvalue weighted by atomic mass is 35.5. The van der Waals surface area contributed by atoms with Crippen LogP contribution in [-0.4, -0.2) is 60.4 Å². The first kappa shape index (κ1) is 20.7. The Morgan fingerprint density at radius 1 is 1.12 bits per heavy atom. The molecule has 1 atom stereocenters. The summed E-state index contributed by atoms with van der Waals surface area (Å²) in [6.45, 7) is 6.09. The number of carbonyl (C=O) groups excluding carboxylic acids is 2. The summed E-state index contributed by atoms with van der Waals surface area (Å²) in [6, 6.07) is 10.4. The van der Waals surface area contributed by atoms with Crippen LogP contribution in [0.1, 0.15) is 31.7 Å². The fourth-order valence-corrected chi connectivity index (χ4v) is 3.83. The molecule has 2 heterocycles. The topological polar surface area (TPSA) is 52.7 Å². The van der Waals surface area contributed by atoms with E-state index >= 15 is 0 Å². The van der Waals surface area contributed by atoms with Crippen LogP contribution in [0.25, 0.3) is 0 Å². The number of halogens is 1. The molecule has 0 saturated carbocycles. The highest BCUT2D eigenvalue weighted by Gasteiger charge is 2.32. The van der Waals surface area contributed by atoms with Crippen molar-refractivity contribution in [1.82, 2.24) is 15.1 Å². The second-order valence-electron chi connectivity index (χ2n) is 7.23. The van der Waals surface area contributed by atoms with Crippen LogP contribution >= 0.6 is 12.4 Å². The van der Waals surface area contributed by atoms with Gasteiger partial charge in [0, 0.05) is 51.1 Å². The van der Waals surface area contributed by atoms with Gasteiger partial charge in [0.2, 0.25) is 11.8 Å². The third-order valence-electron chi connectivity index (χ3n) is 5.45. The minimum atomic E-state index is 0. The standard InChI is InChI=1S/C20H29N3O2.ClH/c1-16-15-21-11-14-23(16)20(25)18-9-12-22(13-10-18)19(24)8-7-17-5-3-2-4-6-17;/h2-6,16,18,21H,7-15H2,1H3;1H/t16-;/m1./s1. The Labute approximate surface area is 162 Å². The van der Waals surface area contributed by atoms with Gasteiger partial charge in [-0.05, 0) is 31.7 Å². The van der Waals surface area contributed by atoms with E-state index in [1.54, 1.807) is 0 Å². The molecule has 2 saturated heterocycles. The Hall–Kier alpha value is -1.59. The zero-order valence-corrected chi connectivity index (χ0v) is 16.3. The number of hydrogen-bond acceptors (Lipinski definition) is 3. The van der Waals surface area contributed by atoms with Crippen molar-refractivity contribution in [3.8, 4) is 0 Å². The molecule has 0 bridgehead atoms. The summed E-state index contributed by atoms with van der Waals surface area (Å²) in [5, 5.41) is 3.33. The average Bonchev–Trinajstić information content (AvgIpc) is 2.67. The first-order valence-electron chi connectivity index (χ1n) is 9.48. The molecule has 2 aliphatic heterocycles. The number of carbonyl (C=O) groups is 2. The maximum atomic E-state index is 12.7. The minimum absolute atomic E-state index is 0. The fourth-order valence-electron chi connectivity index (χ4n) is 3.83. The van der Waals surface area contributed by atoms with Gasteiger partial charge in [-0.25, -0.2) is 0 Å². The molecule has 0 aliphatic carbocycles. The van der Waals surface area contributed by atoms with E-state index in [9.17, 15) is 9.59 Å². The molecule has 2 aliphatic rings. The van der Waals surface area contributed by atoms with Crippen LogP contribution in [0.4, 0.5) is 0 Å². The molecule has 1 aromatic carbocycles. The predicted molar refractivity (Wildman–Crippen MR) is 105 cm³/mol. The maximum Gasteiger partial charge on any atom is 0.226 e. The number of likely N-dealkylation sites (tertiary alicyclic amines) is 1. The van der Waals surface area contributed by atoms with E-state index in [4.69, 9.17) is 0 Å². The van der Waals surface area contributed by atoms with Crippen LogP contribution in [0, 0.1) is 5.92 Å². The number of hydrogen-bond donors (Lipinski definition) is 1. The molecule has 1 aromatic rings. The molecular weight excluding hydrogens is 350 g/mol. The second kappa shape index (κ2) is 9.93. The summed E-state index contributed by atoms with van der Waals surface area (Å²) >= 11 is 0. The number of aryl methyl sites for hydroxylation is 1. The van der Waals surface area contributed by atoms with Crippen LogP contribution in [-0.2, 0) is 16.0 Å². The van der Waals surface area contributed by atoms with Crippen molar-refractivity contribution in [3.63, 3.8) is 0 Å². The zero-order chi connectivity index (χ0) is 17.6. The predicted octanol–water partition coefficient (Wildman–Crippen LogP) is 2.10. The molecule has 3 rings (SSSR count). The Balaban J connectivity index is 0.00000243. The van der Waals surface area contributed by atoms with Gasteiger partial charge in [-0.3, -0.25) is 9.59 Å². The lowest BCUT2D eigenvalue weighted by atomic mass is 9.94. The molecular formula is C20H30ClN3O2. The lowest BCUT2D eigenvalue weighted by Gasteiger charge is -2.39. The largest absolute Gasteiger partial charge is 0.343 e. The highest BCUT2D eigenvalue weighted by molar-refractivity contribution is 5.85. The summed E-state index contributed by atoms with van der Waals surface area (Å²) in [7, 11) is 0. The average molecular weight is 380 g/mol. The number of rotatable bonds is 4. The van der Waals surface area contributed by atoms with Gasteiger partial charge in [0.1, 0.15) is 0 Å². The molecule has 1 N–H and O–H groups in total. The normalized spacial score (nSPS) is 21.2. The van der Waals surface area contributed by atoms with Crippen LogP contribution in [0.2, 0.25) is 0 Å². The smallest absolute Gasteiger partial charge is 0.226 e. The highest BCUT2D eigenvalue weighted by Crippen LogP contribution is 2.22. The van der Waals surface area contributed by atoms with Gasteiger partial charge in [0.05, 0.1) is 0 Å². The summed E-state index contributed by atoms with van der Waals surface area (Å²) in [5.41, 5.74) is 1.20. The summed E-state index contributed by atoms with van der Waals surface area (Å²) < 4.78 is 0. The molecule has 144 valence electrons. The molecule has 0 radical (unpaired) electrons. The lowest BCUT2D eigenvalue weighted by Crippen LogP contribution is -2.55. The van der Waals surface area contributed by atoms with Gasteiger partial charge in [0.25, 0.3) is 0 Å². The van der Waals surface area contributed by atoms with E-state index < -0.39 is 0 Å². The number of piperidine rings is 1.